The molecule has 98 valence electrons. The highest BCUT2D eigenvalue weighted by Gasteiger charge is 2.30. The Morgan fingerprint density at radius 2 is 2.05 bits per heavy atom. The first-order valence-corrected chi connectivity index (χ1v) is 6.38. The van der Waals surface area contributed by atoms with Crippen LogP contribution in [0.3, 0.4) is 0 Å². The predicted octanol–water partition coefficient (Wildman–Crippen LogP) is 2.37. The number of H-pyrrole nitrogens is 1. The number of nitrogen functional groups attached to an aromatic ring is 1. The van der Waals surface area contributed by atoms with E-state index in [9.17, 15) is 4.79 Å². The summed E-state index contributed by atoms with van der Waals surface area (Å²) in [5, 5.41) is 0. The van der Waals surface area contributed by atoms with Crippen molar-refractivity contribution in [3.8, 4) is 0 Å². The normalized spacial score (nSPS) is 14.0. The predicted molar refractivity (Wildman–Crippen MR) is 77.8 cm³/mol. The van der Waals surface area contributed by atoms with Crippen LogP contribution in [-0.4, -0.2) is 15.9 Å². The number of carbonyl (C=O) groups is 1. The van der Waals surface area contributed by atoms with Crippen LogP contribution in [0.4, 0.5) is 17.3 Å². The van der Waals surface area contributed by atoms with Crippen molar-refractivity contribution in [3.63, 3.8) is 0 Å². The van der Waals surface area contributed by atoms with E-state index in [0.717, 1.165) is 22.3 Å². The van der Waals surface area contributed by atoms with Crippen molar-refractivity contribution in [3.05, 3.63) is 48.0 Å². The Hall–Kier alpha value is -2.82. The lowest BCUT2D eigenvalue weighted by Gasteiger charge is -2.13. The van der Waals surface area contributed by atoms with Crippen molar-refractivity contribution in [2.75, 3.05) is 10.6 Å². The fourth-order valence-corrected chi connectivity index (χ4v) is 2.62. The molecule has 0 saturated carbocycles. The lowest BCUT2D eigenvalue weighted by atomic mass is 10.1. The van der Waals surface area contributed by atoms with Gasteiger partial charge in [0.2, 0.25) is 11.9 Å². The molecule has 0 radical (unpaired) electrons. The number of imidazole rings is 1. The summed E-state index contributed by atoms with van der Waals surface area (Å²) in [5.41, 5.74) is 9.99. The Bertz CT molecular complexity index is 804. The number of aromatic nitrogens is 2. The summed E-state index contributed by atoms with van der Waals surface area (Å²) in [7, 11) is 0. The third kappa shape index (κ3) is 1.50. The first-order chi connectivity index (χ1) is 9.72. The van der Waals surface area contributed by atoms with Gasteiger partial charge in [-0.1, -0.05) is 12.1 Å². The van der Waals surface area contributed by atoms with Gasteiger partial charge in [-0.2, -0.15) is 0 Å². The lowest BCUT2D eigenvalue weighted by molar-refractivity contribution is -0.116. The largest absolute Gasteiger partial charge is 0.399 e. The minimum absolute atomic E-state index is 0.00431. The maximum absolute atomic E-state index is 12.2. The van der Waals surface area contributed by atoms with Crippen molar-refractivity contribution >= 4 is 34.3 Å². The highest BCUT2D eigenvalue weighted by Crippen LogP contribution is 2.35. The number of carbonyl (C=O) groups excluding carboxylic acids is 1. The van der Waals surface area contributed by atoms with Gasteiger partial charge in [-0.25, -0.2) is 9.88 Å². The van der Waals surface area contributed by atoms with E-state index in [-0.39, 0.29) is 5.91 Å². The number of nitrogens with one attached hydrogen (secondary N) is 1. The van der Waals surface area contributed by atoms with Crippen molar-refractivity contribution in [2.45, 2.75) is 6.42 Å². The molecule has 1 aliphatic rings. The first kappa shape index (κ1) is 11.0. The van der Waals surface area contributed by atoms with Crippen LogP contribution in [0.5, 0.6) is 0 Å². The second-order valence-corrected chi connectivity index (χ2v) is 4.87. The van der Waals surface area contributed by atoms with Crippen LogP contribution in [0.2, 0.25) is 0 Å². The van der Waals surface area contributed by atoms with Crippen molar-refractivity contribution < 1.29 is 4.79 Å². The van der Waals surface area contributed by atoms with Crippen molar-refractivity contribution in [1.82, 2.24) is 9.97 Å². The summed E-state index contributed by atoms with van der Waals surface area (Å²) in [4.78, 5) is 21.5. The summed E-state index contributed by atoms with van der Waals surface area (Å²) in [6.07, 6.45) is 0.359. The van der Waals surface area contributed by atoms with E-state index in [1.165, 1.54) is 0 Å². The van der Waals surface area contributed by atoms with Crippen molar-refractivity contribution in [2.24, 2.45) is 0 Å². The van der Waals surface area contributed by atoms with Gasteiger partial charge in [-0.15, -0.1) is 0 Å². The number of rotatable bonds is 1. The van der Waals surface area contributed by atoms with E-state index in [0.29, 0.717) is 18.1 Å². The molecule has 3 aromatic rings. The van der Waals surface area contributed by atoms with Gasteiger partial charge in [0.1, 0.15) is 0 Å². The minimum Gasteiger partial charge on any atom is -0.399 e. The highest BCUT2D eigenvalue weighted by atomic mass is 16.2. The second-order valence-electron chi connectivity index (χ2n) is 4.87. The molecule has 1 aliphatic heterocycles. The maximum atomic E-state index is 12.2. The third-order valence-corrected chi connectivity index (χ3v) is 3.52. The van der Waals surface area contributed by atoms with Crippen LogP contribution >= 0.6 is 0 Å². The smallest absolute Gasteiger partial charge is 0.238 e. The van der Waals surface area contributed by atoms with Gasteiger partial charge >= 0.3 is 0 Å². The molecule has 0 atom stereocenters. The van der Waals surface area contributed by atoms with E-state index < -0.39 is 0 Å². The number of hydrogen-bond donors (Lipinski definition) is 2. The molecule has 0 saturated heterocycles. The molecule has 2 heterocycles. The number of nitrogens with two attached hydrogens (primary N) is 1. The van der Waals surface area contributed by atoms with Gasteiger partial charge in [0, 0.05) is 5.69 Å². The van der Waals surface area contributed by atoms with E-state index in [4.69, 9.17) is 5.73 Å². The van der Waals surface area contributed by atoms with Crippen LogP contribution in [0, 0.1) is 0 Å². The average molecular weight is 264 g/mol. The highest BCUT2D eigenvalue weighted by molar-refractivity contribution is 6.07. The Kier molecular flexibility index (Phi) is 2.12. The third-order valence-electron chi connectivity index (χ3n) is 3.52. The molecule has 5 nitrogen and oxygen atoms in total. The molecule has 2 aromatic carbocycles. The Balaban J connectivity index is 1.88. The Labute approximate surface area is 115 Å². The number of hydrogen-bond acceptors (Lipinski definition) is 3. The number of para-hydroxylation sites is 2. The molecule has 20 heavy (non-hydrogen) atoms. The number of fused-ring (bicyclic) bond motifs is 2. The molecule has 0 unspecified atom stereocenters. The molecular weight excluding hydrogens is 252 g/mol. The molecule has 1 amide bonds. The molecule has 1 aromatic heterocycles. The van der Waals surface area contributed by atoms with Gasteiger partial charge < -0.3 is 10.7 Å². The molecule has 0 fully saturated rings. The molecule has 5 heteroatoms. The lowest BCUT2D eigenvalue weighted by Crippen LogP contribution is -2.21. The SMILES string of the molecule is Nc1ccc2c(c1)CC(=O)N2c1nc2ccccc2[nH]1. The fourth-order valence-electron chi connectivity index (χ4n) is 2.62. The number of amides is 1. The van der Waals surface area contributed by atoms with E-state index >= 15 is 0 Å². The van der Waals surface area contributed by atoms with E-state index in [2.05, 4.69) is 9.97 Å². The van der Waals surface area contributed by atoms with Crippen molar-refractivity contribution in [1.29, 1.82) is 0 Å². The summed E-state index contributed by atoms with van der Waals surface area (Å²) in [5.74, 6) is 0.560. The van der Waals surface area contributed by atoms with Gasteiger partial charge in [-0.3, -0.25) is 4.79 Å². The van der Waals surface area contributed by atoms with Crippen LogP contribution in [0.25, 0.3) is 11.0 Å². The summed E-state index contributed by atoms with van der Waals surface area (Å²) in [6, 6.07) is 13.2. The van der Waals surface area contributed by atoms with Gasteiger partial charge in [0.05, 0.1) is 23.1 Å². The maximum Gasteiger partial charge on any atom is 0.238 e. The number of nitrogens with zero attached hydrogens (tertiary/aromatic N) is 2. The minimum atomic E-state index is 0.00431. The summed E-state index contributed by atoms with van der Waals surface area (Å²) in [6.45, 7) is 0. The zero-order chi connectivity index (χ0) is 13.7. The molecule has 3 N–H and O–H groups in total. The summed E-state index contributed by atoms with van der Waals surface area (Å²) >= 11 is 0. The number of benzene rings is 2. The molecule has 0 spiro atoms. The number of aromatic amines is 1. The van der Waals surface area contributed by atoms with Crippen LogP contribution in [0.15, 0.2) is 42.5 Å². The quantitative estimate of drug-likeness (QED) is 0.662. The standard InChI is InChI=1S/C15H12N4O/c16-10-5-6-13-9(7-10)8-14(20)19(13)15-17-11-3-1-2-4-12(11)18-15/h1-7H,8,16H2,(H,17,18). The van der Waals surface area contributed by atoms with Crippen LogP contribution < -0.4 is 10.6 Å². The average Bonchev–Trinajstić information content (AvgIpc) is 2.97. The fraction of sp³-hybridized carbons (Fsp3) is 0.0667. The molecular formula is C15H12N4O. The van der Waals surface area contributed by atoms with Gasteiger partial charge in [0.15, 0.2) is 0 Å². The van der Waals surface area contributed by atoms with Crippen LogP contribution in [0.1, 0.15) is 5.56 Å². The topological polar surface area (TPSA) is 75.0 Å². The number of anilines is 3. The second kappa shape index (κ2) is 3.84. The molecule has 0 aliphatic carbocycles. The van der Waals surface area contributed by atoms with E-state index in [1.807, 2.05) is 36.4 Å². The summed E-state index contributed by atoms with van der Waals surface area (Å²) < 4.78 is 0. The van der Waals surface area contributed by atoms with Gasteiger partial charge in [-0.05, 0) is 35.9 Å². The van der Waals surface area contributed by atoms with E-state index in [1.54, 1.807) is 11.0 Å². The monoisotopic (exact) mass is 264 g/mol. The van der Waals surface area contributed by atoms with Gasteiger partial charge in [0.25, 0.3) is 0 Å². The zero-order valence-corrected chi connectivity index (χ0v) is 10.6. The Morgan fingerprint density at radius 1 is 1.20 bits per heavy atom. The molecule has 4 rings (SSSR count). The first-order valence-electron chi connectivity index (χ1n) is 6.38. The zero-order valence-electron chi connectivity index (χ0n) is 10.6. The Morgan fingerprint density at radius 3 is 2.90 bits per heavy atom. The van der Waals surface area contributed by atoms with Crippen LogP contribution in [-0.2, 0) is 11.2 Å². The molecule has 0 bridgehead atoms.